The fourth-order valence-electron chi connectivity index (χ4n) is 1.10. The first kappa shape index (κ1) is 8.47. The first-order valence-corrected chi connectivity index (χ1v) is 4.94. The molecular formula is C9H10N2OS. The van der Waals surface area contributed by atoms with Crippen LogP contribution in [0, 0.1) is 0 Å². The number of fused-ring (bicyclic) bond motifs is 1. The third-order valence-electron chi connectivity index (χ3n) is 1.69. The van der Waals surface area contributed by atoms with Gasteiger partial charge in [-0.2, -0.15) is 0 Å². The molecule has 0 aliphatic heterocycles. The Morgan fingerprint density at radius 1 is 1.46 bits per heavy atom. The van der Waals surface area contributed by atoms with Gasteiger partial charge in [-0.05, 0) is 18.2 Å². The summed E-state index contributed by atoms with van der Waals surface area (Å²) in [5.41, 5.74) is 8.18. The first-order chi connectivity index (χ1) is 6.40. The van der Waals surface area contributed by atoms with Crippen molar-refractivity contribution >= 4 is 21.6 Å². The number of hydrogen-bond acceptors (Lipinski definition) is 4. The third-order valence-corrected chi connectivity index (χ3v) is 2.48. The van der Waals surface area contributed by atoms with Crippen LogP contribution in [0.2, 0.25) is 0 Å². The molecule has 0 bridgehead atoms. The molecule has 0 fully saturated rings. The zero-order valence-electron chi connectivity index (χ0n) is 7.06. The summed E-state index contributed by atoms with van der Waals surface area (Å²) < 4.78 is 6.53. The minimum atomic E-state index is 0.542. The topological polar surface area (TPSA) is 48.1 Å². The summed E-state index contributed by atoms with van der Waals surface area (Å²) in [5, 5.41) is 0. The van der Waals surface area contributed by atoms with Gasteiger partial charge in [0.1, 0.15) is 12.4 Å². The molecule has 2 rings (SSSR count). The highest BCUT2D eigenvalue weighted by Crippen LogP contribution is 2.22. The molecule has 0 aliphatic rings. The second-order valence-corrected chi connectivity index (χ2v) is 3.51. The number of thiazole rings is 1. The number of nitrogens with zero attached hydrogens (tertiary/aromatic N) is 1. The maximum Gasteiger partial charge on any atom is 0.120 e. The molecule has 0 unspecified atom stereocenters. The van der Waals surface area contributed by atoms with Crippen LogP contribution in [0.4, 0.5) is 0 Å². The Kier molecular flexibility index (Phi) is 2.42. The summed E-state index contributed by atoms with van der Waals surface area (Å²) in [7, 11) is 0. The van der Waals surface area contributed by atoms with E-state index in [9.17, 15) is 0 Å². The zero-order valence-corrected chi connectivity index (χ0v) is 7.88. The van der Waals surface area contributed by atoms with Gasteiger partial charge in [-0.25, -0.2) is 4.98 Å². The standard InChI is InChI=1S/C9H10N2OS/c10-3-4-12-7-1-2-8-9(5-7)13-6-11-8/h1-2,5-6H,3-4,10H2. The van der Waals surface area contributed by atoms with E-state index in [1.54, 1.807) is 11.3 Å². The second kappa shape index (κ2) is 3.72. The van der Waals surface area contributed by atoms with Crippen molar-refractivity contribution < 1.29 is 4.74 Å². The van der Waals surface area contributed by atoms with E-state index in [4.69, 9.17) is 10.5 Å². The van der Waals surface area contributed by atoms with E-state index in [1.807, 2.05) is 23.7 Å². The van der Waals surface area contributed by atoms with Crippen molar-refractivity contribution in [2.24, 2.45) is 5.73 Å². The zero-order chi connectivity index (χ0) is 9.10. The molecule has 0 aliphatic carbocycles. The third kappa shape index (κ3) is 1.79. The quantitative estimate of drug-likeness (QED) is 0.808. The lowest BCUT2D eigenvalue weighted by molar-refractivity contribution is 0.329. The lowest BCUT2D eigenvalue weighted by Gasteiger charge is -2.02. The van der Waals surface area contributed by atoms with Crippen molar-refractivity contribution in [2.75, 3.05) is 13.2 Å². The van der Waals surface area contributed by atoms with Gasteiger partial charge in [0.15, 0.2) is 0 Å². The number of hydrogen-bond donors (Lipinski definition) is 1. The molecule has 2 aromatic rings. The van der Waals surface area contributed by atoms with Gasteiger partial charge in [-0.3, -0.25) is 0 Å². The van der Waals surface area contributed by atoms with Crippen molar-refractivity contribution in [3.05, 3.63) is 23.7 Å². The smallest absolute Gasteiger partial charge is 0.120 e. The summed E-state index contributed by atoms with van der Waals surface area (Å²) in [5.74, 6) is 0.863. The van der Waals surface area contributed by atoms with E-state index in [0.717, 1.165) is 16.0 Å². The Hall–Kier alpha value is -1.13. The van der Waals surface area contributed by atoms with Crippen molar-refractivity contribution in [1.29, 1.82) is 0 Å². The molecule has 0 radical (unpaired) electrons. The van der Waals surface area contributed by atoms with Gasteiger partial charge in [0.05, 0.1) is 15.7 Å². The maximum absolute atomic E-state index is 5.39. The fourth-order valence-corrected chi connectivity index (χ4v) is 1.81. The van der Waals surface area contributed by atoms with Gasteiger partial charge in [0.25, 0.3) is 0 Å². The average Bonchev–Trinajstić information content (AvgIpc) is 2.61. The highest BCUT2D eigenvalue weighted by molar-refractivity contribution is 7.16. The molecule has 0 atom stereocenters. The monoisotopic (exact) mass is 194 g/mol. The molecule has 68 valence electrons. The normalized spacial score (nSPS) is 10.5. The first-order valence-electron chi connectivity index (χ1n) is 4.06. The van der Waals surface area contributed by atoms with Crippen LogP contribution < -0.4 is 10.5 Å². The Morgan fingerprint density at radius 2 is 2.38 bits per heavy atom. The lowest BCUT2D eigenvalue weighted by Crippen LogP contribution is -2.10. The Bertz CT molecular complexity index is 399. The molecule has 1 aromatic heterocycles. The number of nitrogens with two attached hydrogens (primary N) is 1. The van der Waals surface area contributed by atoms with Gasteiger partial charge < -0.3 is 10.5 Å². The van der Waals surface area contributed by atoms with Crippen molar-refractivity contribution in [2.45, 2.75) is 0 Å². The fraction of sp³-hybridized carbons (Fsp3) is 0.222. The highest BCUT2D eigenvalue weighted by Gasteiger charge is 1.98. The Morgan fingerprint density at radius 3 is 3.23 bits per heavy atom. The van der Waals surface area contributed by atoms with Gasteiger partial charge in [-0.1, -0.05) is 0 Å². The molecule has 1 aromatic carbocycles. The highest BCUT2D eigenvalue weighted by atomic mass is 32.1. The minimum absolute atomic E-state index is 0.542. The van der Waals surface area contributed by atoms with Crippen molar-refractivity contribution in [3.63, 3.8) is 0 Å². The van der Waals surface area contributed by atoms with Crippen LogP contribution in [0.5, 0.6) is 5.75 Å². The van der Waals surface area contributed by atoms with Crippen LogP contribution in [0.3, 0.4) is 0 Å². The molecule has 3 nitrogen and oxygen atoms in total. The molecule has 4 heteroatoms. The van der Waals surface area contributed by atoms with E-state index < -0.39 is 0 Å². The Labute approximate surface area is 80.2 Å². The number of benzene rings is 1. The number of ether oxygens (including phenoxy) is 1. The average molecular weight is 194 g/mol. The second-order valence-electron chi connectivity index (χ2n) is 2.62. The summed E-state index contributed by atoms with van der Waals surface area (Å²) in [6.07, 6.45) is 0. The largest absolute Gasteiger partial charge is 0.492 e. The van der Waals surface area contributed by atoms with E-state index >= 15 is 0 Å². The summed E-state index contributed by atoms with van der Waals surface area (Å²) in [6.45, 7) is 1.10. The predicted octanol–water partition coefficient (Wildman–Crippen LogP) is 1.63. The van der Waals surface area contributed by atoms with Gasteiger partial charge in [0, 0.05) is 6.54 Å². The predicted molar refractivity (Wildman–Crippen MR) is 54.2 cm³/mol. The summed E-state index contributed by atoms with van der Waals surface area (Å²) in [4.78, 5) is 4.18. The molecule has 2 N–H and O–H groups in total. The van der Waals surface area contributed by atoms with E-state index in [0.29, 0.717) is 13.2 Å². The SMILES string of the molecule is NCCOc1ccc2ncsc2c1. The molecule has 0 saturated carbocycles. The molecule has 1 heterocycles. The Balaban J connectivity index is 2.26. The summed E-state index contributed by atoms with van der Waals surface area (Å²) >= 11 is 1.61. The number of rotatable bonds is 3. The van der Waals surface area contributed by atoms with E-state index in [2.05, 4.69) is 4.98 Å². The van der Waals surface area contributed by atoms with Crippen molar-refractivity contribution in [3.8, 4) is 5.75 Å². The van der Waals surface area contributed by atoms with E-state index in [-0.39, 0.29) is 0 Å². The van der Waals surface area contributed by atoms with Crippen LogP contribution in [-0.2, 0) is 0 Å². The molecule has 13 heavy (non-hydrogen) atoms. The van der Waals surface area contributed by atoms with Gasteiger partial charge in [0.2, 0.25) is 0 Å². The number of aromatic nitrogens is 1. The summed E-state index contributed by atoms with van der Waals surface area (Å²) in [6, 6.07) is 5.86. The van der Waals surface area contributed by atoms with Crippen molar-refractivity contribution in [1.82, 2.24) is 4.98 Å². The lowest BCUT2D eigenvalue weighted by atomic mass is 10.3. The maximum atomic E-state index is 5.39. The molecule has 0 saturated heterocycles. The van der Waals surface area contributed by atoms with Crippen LogP contribution in [-0.4, -0.2) is 18.1 Å². The van der Waals surface area contributed by atoms with Crippen LogP contribution in [0.1, 0.15) is 0 Å². The van der Waals surface area contributed by atoms with Gasteiger partial charge in [-0.15, -0.1) is 11.3 Å². The van der Waals surface area contributed by atoms with Crippen LogP contribution in [0.15, 0.2) is 23.7 Å². The molecular weight excluding hydrogens is 184 g/mol. The molecule has 0 amide bonds. The molecule has 0 spiro atoms. The van der Waals surface area contributed by atoms with E-state index in [1.165, 1.54) is 0 Å². The minimum Gasteiger partial charge on any atom is -0.492 e. The van der Waals surface area contributed by atoms with Crippen LogP contribution in [0.25, 0.3) is 10.2 Å². The van der Waals surface area contributed by atoms with Gasteiger partial charge >= 0.3 is 0 Å². The van der Waals surface area contributed by atoms with Crippen LogP contribution >= 0.6 is 11.3 Å².